The van der Waals surface area contributed by atoms with Crippen LogP contribution < -0.4 is 11.1 Å². The molecular weight excluding hydrogens is 202 g/mol. The van der Waals surface area contributed by atoms with Gasteiger partial charge in [0.15, 0.2) is 5.84 Å². The third kappa shape index (κ3) is 4.00. The van der Waals surface area contributed by atoms with Gasteiger partial charge >= 0.3 is 0 Å². The molecule has 0 saturated heterocycles. The molecule has 0 aliphatic heterocycles. The van der Waals surface area contributed by atoms with Gasteiger partial charge in [0.05, 0.1) is 6.04 Å². The molecule has 0 aromatic heterocycles. The van der Waals surface area contributed by atoms with Crippen molar-refractivity contribution in [2.45, 2.75) is 64.5 Å². The summed E-state index contributed by atoms with van der Waals surface area (Å²) in [5, 5.41) is 15.0. The highest BCUT2D eigenvalue weighted by Gasteiger charge is 2.22. The molecule has 0 radical (unpaired) electrons. The van der Waals surface area contributed by atoms with Crippen LogP contribution in [0.2, 0.25) is 0 Å². The molecule has 1 saturated carbocycles. The van der Waals surface area contributed by atoms with E-state index < -0.39 is 0 Å². The second-order valence-corrected chi connectivity index (χ2v) is 4.92. The lowest BCUT2D eigenvalue weighted by Gasteiger charge is -2.30. The van der Waals surface area contributed by atoms with Crippen molar-refractivity contribution in [3.8, 4) is 0 Å². The fourth-order valence-electron chi connectivity index (χ4n) is 2.55. The first-order valence-electron chi connectivity index (χ1n) is 6.40. The monoisotopic (exact) mass is 227 g/mol. The molecule has 0 amide bonds. The molecule has 1 rings (SSSR count). The Kier molecular flexibility index (Phi) is 5.60. The Morgan fingerprint density at radius 3 is 2.56 bits per heavy atom. The number of oxime groups is 1. The van der Waals surface area contributed by atoms with Gasteiger partial charge in [-0.25, -0.2) is 0 Å². The average Bonchev–Trinajstić information content (AvgIpc) is 2.31. The topological polar surface area (TPSA) is 70.6 Å². The van der Waals surface area contributed by atoms with Crippen LogP contribution in [0.15, 0.2) is 5.16 Å². The van der Waals surface area contributed by atoms with Gasteiger partial charge in [0.2, 0.25) is 0 Å². The smallest absolute Gasteiger partial charge is 0.156 e. The molecule has 0 spiro atoms. The minimum atomic E-state index is -0.0299. The van der Waals surface area contributed by atoms with Crippen LogP contribution in [-0.4, -0.2) is 23.1 Å². The molecule has 0 aromatic rings. The number of nitrogens with two attached hydrogens (primary N) is 1. The van der Waals surface area contributed by atoms with Gasteiger partial charge in [0.25, 0.3) is 0 Å². The van der Waals surface area contributed by atoms with E-state index in [-0.39, 0.29) is 11.9 Å². The number of nitrogens with zero attached hydrogens (tertiary/aromatic N) is 1. The van der Waals surface area contributed by atoms with Crippen molar-refractivity contribution in [2.75, 3.05) is 0 Å². The van der Waals surface area contributed by atoms with Crippen molar-refractivity contribution in [1.29, 1.82) is 0 Å². The van der Waals surface area contributed by atoms with E-state index in [4.69, 9.17) is 10.9 Å². The molecule has 4 nitrogen and oxygen atoms in total. The molecule has 1 atom stereocenters. The molecule has 0 bridgehead atoms. The maximum atomic E-state index is 8.57. The molecular formula is C12H25N3O. The summed E-state index contributed by atoms with van der Waals surface area (Å²) in [7, 11) is 0. The lowest BCUT2D eigenvalue weighted by Crippen LogP contribution is -2.45. The van der Waals surface area contributed by atoms with Gasteiger partial charge in [-0.3, -0.25) is 0 Å². The van der Waals surface area contributed by atoms with Gasteiger partial charge in [-0.1, -0.05) is 24.9 Å². The average molecular weight is 227 g/mol. The SMILES string of the molecule is CCCC1CCC(NC(C)C(N)=NO)CC1. The van der Waals surface area contributed by atoms with Crippen molar-refractivity contribution >= 4 is 5.84 Å². The van der Waals surface area contributed by atoms with Crippen molar-refractivity contribution < 1.29 is 5.21 Å². The summed E-state index contributed by atoms with van der Waals surface area (Å²) in [6.45, 7) is 4.19. The second-order valence-electron chi connectivity index (χ2n) is 4.92. The third-order valence-corrected chi connectivity index (χ3v) is 3.59. The highest BCUT2D eigenvalue weighted by atomic mass is 16.4. The summed E-state index contributed by atoms with van der Waals surface area (Å²) in [5.41, 5.74) is 5.55. The molecule has 4 heteroatoms. The summed E-state index contributed by atoms with van der Waals surface area (Å²) < 4.78 is 0. The summed E-state index contributed by atoms with van der Waals surface area (Å²) in [5.74, 6) is 1.19. The van der Waals surface area contributed by atoms with Gasteiger partial charge in [0, 0.05) is 6.04 Å². The molecule has 1 aliphatic rings. The molecule has 0 heterocycles. The molecule has 94 valence electrons. The summed E-state index contributed by atoms with van der Waals surface area (Å²) in [6, 6.07) is 0.501. The minimum absolute atomic E-state index is 0.0299. The van der Waals surface area contributed by atoms with Crippen LogP contribution in [0.1, 0.15) is 52.4 Å². The fraction of sp³-hybridized carbons (Fsp3) is 0.917. The van der Waals surface area contributed by atoms with E-state index in [1.54, 1.807) is 0 Å². The molecule has 0 aromatic carbocycles. The number of hydrogen-bond donors (Lipinski definition) is 3. The van der Waals surface area contributed by atoms with Crippen LogP contribution in [0.4, 0.5) is 0 Å². The predicted octanol–water partition coefficient (Wildman–Crippen LogP) is 2.07. The van der Waals surface area contributed by atoms with Crippen molar-refractivity contribution in [2.24, 2.45) is 16.8 Å². The standard InChI is InChI=1S/C12H25N3O/c1-3-4-10-5-7-11(8-6-10)14-9(2)12(13)15-16/h9-11,14,16H,3-8H2,1-2H3,(H2,13,15). The van der Waals surface area contributed by atoms with Crippen LogP contribution >= 0.6 is 0 Å². The van der Waals surface area contributed by atoms with Crippen molar-refractivity contribution in [3.05, 3.63) is 0 Å². The first-order valence-corrected chi connectivity index (χ1v) is 6.40. The first kappa shape index (κ1) is 13.3. The number of hydrogen-bond acceptors (Lipinski definition) is 3. The zero-order chi connectivity index (χ0) is 12.0. The second kappa shape index (κ2) is 6.74. The van der Waals surface area contributed by atoms with Gasteiger partial charge in [-0.2, -0.15) is 0 Å². The van der Waals surface area contributed by atoms with Gasteiger partial charge in [-0.05, 0) is 38.5 Å². The predicted molar refractivity (Wildman–Crippen MR) is 66.7 cm³/mol. The van der Waals surface area contributed by atoms with E-state index in [9.17, 15) is 0 Å². The number of nitrogens with one attached hydrogen (secondary N) is 1. The highest BCUT2D eigenvalue weighted by Crippen LogP contribution is 2.27. The first-order chi connectivity index (χ1) is 7.67. The molecule has 16 heavy (non-hydrogen) atoms. The zero-order valence-electron chi connectivity index (χ0n) is 10.4. The maximum Gasteiger partial charge on any atom is 0.156 e. The molecule has 1 fully saturated rings. The van der Waals surface area contributed by atoms with E-state index in [1.165, 1.54) is 38.5 Å². The quantitative estimate of drug-likeness (QED) is 0.291. The number of amidine groups is 1. The Hall–Kier alpha value is -0.770. The number of rotatable bonds is 5. The van der Waals surface area contributed by atoms with Crippen LogP contribution in [0, 0.1) is 5.92 Å². The normalized spacial score (nSPS) is 29.0. The van der Waals surface area contributed by atoms with Crippen LogP contribution in [0.5, 0.6) is 0 Å². The molecule has 4 N–H and O–H groups in total. The Balaban J connectivity index is 2.26. The van der Waals surface area contributed by atoms with Gasteiger partial charge in [-0.15, -0.1) is 0 Å². The van der Waals surface area contributed by atoms with E-state index in [2.05, 4.69) is 17.4 Å². The van der Waals surface area contributed by atoms with E-state index >= 15 is 0 Å². The van der Waals surface area contributed by atoms with Crippen molar-refractivity contribution in [3.63, 3.8) is 0 Å². The Bertz CT molecular complexity index is 222. The van der Waals surface area contributed by atoms with Gasteiger partial charge in [0.1, 0.15) is 0 Å². The third-order valence-electron chi connectivity index (χ3n) is 3.59. The van der Waals surface area contributed by atoms with Crippen LogP contribution in [0.25, 0.3) is 0 Å². The molecule has 1 aliphatic carbocycles. The Morgan fingerprint density at radius 2 is 2.06 bits per heavy atom. The lowest BCUT2D eigenvalue weighted by molar-refractivity contribution is 0.272. The summed E-state index contributed by atoms with van der Waals surface area (Å²) in [4.78, 5) is 0. The highest BCUT2D eigenvalue weighted by molar-refractivity contribution is 5.84. The largest absolute Gasteiger partial charge is 0.409 e. The van der Waals surface area contributed by atoms with E-state index in [0.29, 0.717) is 6.04 Å². The molecule has 1 unspecified atom stereocenters. The van der Waals surface area contributed by atoms with E-state index in [1.807, 2.05) is 6.92 Å². The summed E-state index contributed by atoms with van der Waals surface area (Å²) in [6.07, 6.45) is 7.72. The minimum Gasteiger partial charge on any atom is -0.409 e. The van der Waals surface area contributed by atoms with Gasteiger partial charge < -0.3 is 16.3 Å². The maximum absolute atomic E-state index is 8.57. The summed E-state index contributed by atoms with van der Waals surface area (Å²) >= 11 is 0. The van der Waals surface area contributed by atoms with Crippen LogP contribution in [-0.2, 0) is 0 Å². The zero-order valence-corrected chi connectivity index (χ0v) is 10.4. The van der Waals surface area contributed by atoms with E-state index in [0.717, 1.165) is 5.92 Å². The lowest BCUT2D eigenvalue weighted by atomic mass is 9.83. The Labute approximate surface area is 98.3 Å². The van der Waals surface area contributed by atoms with Crippen LogP contribution in [0.3, 0.4) is 0 Å². The van der Waals surface area contributed by atoms with Crippen molar-refractivity contribution in [1.82, 2.24) is 5.32 Å². The fourth-order valence-corrected chi connectivity index (χ4v) is 2.55. The Morgan fingerprint density at radius 1 is 1.44 bits per heavy atom.